The summed E-state index contributed by atoms with van der Waals surface area (Å²) >= 11 is 0. The normalized spacial score (nSPS) is 29.7. The number of esters is 1. The number of ether oxygens (including phenoxy) is 2. The predicted molar refractivity (Wildman–Crippen MR) is 152 cm³/mol. The van der Waals surface area contributed by atoms with E-state index in [0.717, 1.165) is 12.8 Å². The van der Waals surface area contributed by atoms with E-state index in [1.807, 2.05) is 64.1 Å². The summed E-state index contributed by atoms with van der Waals surface area (Å²) < 4.78 is 12.4. The SMILES string of the molecule is C=CCCCCOC(=O)[C@@H]1[C@H]2C(=O)N([C@H](CO)c3ccccc3)C(C(=O)N(CC=C)C(C)(C)C)C23CC[C@@]1(C)O3. The van der Waals surface area contributed by atoms with Gasteiger partial charge in [0.05, 0.1) is 30.8 Å². The van der Waals surface area contributed by atoms with Crippen molar-refractivity contribution in [3.05, 3.63) is 61.2 Å². The second-order valence-electron chi connectivity index (χ2n) is 12.4. The van der Waals surface area contributed by atoms with E-state index in [0.29, 0.717) is 24.8 Å². The number of amides is 2. The molecule has 8 nitrogen and oxygen atoms in total. The molecule has 3 heterocycles. The summed E-state index contributed by atoms with van der Waals surface area (Å²) in [5.74, 6) is -2.82. The van der Waals surface area contributed by atoms with Crippen molar-refractivity contribution >= 4 is 17.8 Å². The first-order valence-corrected chi connectivity index (χ1v) is 14.3. The Bertz CT molecular complexity index is 1130. The van der Waals surface area contributed by atoms with Gasteiger partial charge in [0.15, 0.2) is 0 Å². The van der Waals surface area contributed by atoms with Crippen LogP contribution in [-0.2, 0) is 23.9 Å². The van der Waals surface area contributed by atoms with Crippen LogP contribution in [0.1, 0.15) is 71.4 Å². The summed E-state index contributed by atoms with van der Waals surface area (Å²) in [6, 6.07) is 7.40. The summed E-state index contributed by atoms with van der Waals surface area (Å²) in [6.45, 7) is 15.4. The summed E-state index contributed by atoms with van der Waals surface area (Å²) in [4.78, 5) is 45.8. The van der Waals surface area contributed by atoms with Gasteiger partial charge in [-0.3, -0.25) is 14.4 Å². The number of benzene rings is 1. The standard InChI is InChI=1S/C32H44N2O6/c1-7-9-10-14-20-39-29(38)25-24-27(36)34(23(21-35)22-15-12-11-13-16-22)26(32(24)18-17-31(25,6)40-32)28(37)33(19-8-2)30(3,4)5/h7-8,11-13,15-16,23-26,35H,1-2,9-10,14,17-21H2,3-6H3/t23-,24+,25+,26?,31-,32?/m1/s1. The van der Waals surface area contributed by atoms with Crippen LogP contribution in [0.15, 0.2) is 55.6 Å². The van der Waals surface area contributed by atoms with E-state index in [-0.39, 0.29) is 31.6 Å². The maximum atomic E-state index is 14.6. The first-order valence-electron chi connectivity index (χ1n) is 14.3. The summed E-state index contributed by atoms with van der Waals surface area (Å²) in [5, 5.41) is 10.6. The van der Waals surface area contributed by atoms with Crippen molar-refractivity contribution in [2.75, 3.05) is 19.8 Å². The van der Waals surface area contributed by atoms with Gasteiger partial charge in [-0.1, -0.05) is 42.5 Å². The molecule has 2 amide bonds. The van der Waals surface area contributed by atoms with Crippen LogP contribution in [0.4, 0.5) is 0 Å². The number of aliphatic hydroxyl groups is 1. The van der Waals surface area contributed by atoms with E-state index in [9.17, 15) is 19.5 Å². The molecular weight excluding hydrogens is 508 g/mol. The molecule has 6 atom stereocenters. The minimum Gasteiger partial charge on any atom is -0.465 e. The van der Waals surface area contributed by atoms with Crippen molar-refractivity contribution in [1.29, 1.82) is 0 Å². The number of likely N-dealkylation sites (tertiary alicyclic amines) is 1. The van der Waals surface area contributed by atoms with E-state index in [1.54, 1.807) is 11.0 Å². The van der Waals surface area contributed by atoms with Gasteiger partial charge in [0, 0.05) is 12.1 Å². The number of hydrogen-bond donors (Lipinski definition) is 1. The molecule has 3 fully saturated rings. The molecule has 218 valence electrons. The largest absolute Gasteiger partial charge is 0.465 e. The van der Waals surface area contributed by atoms with Gasteiger partial charge < -0.3 is 24.4 Å². The van der Waals surface area contributed by atoms with E-state index in [1.165, 1.54) is 4.90 Å². The quantitative estimate of drug-likeness (QED) is 0.237. The van der Waals surface area contributed by atoms with Crippen LogP contribution in [-0.4, -0.2) is 75.2 Å². The molecule has 8 heteroatoms. The number of unbranched alkanes of at least 4 members (excludes halogenated alkanes) is 2. The zero-order chi connectivity index (χ0) is 29.3. The number of aliphatic hydroxyl groups excluding tert-OH is 1. The average Bonchev–Trinajstić information content (AvgIpc) is 3.48. The zero-order valence-corrected chi connectivity index (χ0v) is 24.3. The first-order chi connectivity index (χ1) is 19.0. The molecule has 2 unspecified atom stereocenters. The molecule has 1 aromatic carbocycles. The molecule has 0 aliphatic carbocycles. The third-order valence-electron chi connectivity index (χ3n) is 8.83. The molecule has 0 radical (unpaired) electrons. The second kappa shape index (κ2) is 11.5. The highest BCUT2D eigenvalue weighted by atomic mass is 16.6. The molecule has 0 saturated carbocycles. The third-order valence-corrected chi connectivity index (χ3v) is 8.83. The lowest BCUT2D eigenvalue weighted by Crippen LogP contribution is -2.60. The fraction of sp³-hybridized carbons (Fsp3) is 0.594. The molecule has 3 saturated heterocycles. The summed E-state index contributed by atoms with van der Waals surface area (Å²) in [7, 11) is 0. The number of carbonyl (C=O) groups excluding carboxylic acids is 3. The molecule has 1 N–H and O–H groups in total. The second-order valence-corrected chi connectivity index (χ2v) is 12.4. The lowest BCUT2D eigenvalue weighted by Gasteiger charge is -2.43. The molecule has 2 bridgehead atoms. The van der Waals surface area contributed by atoms with Crippen LogP contribution in [0, 0.1) is 11.8 Å². The van der Waals surface area contributed by atoms with Gasteiger partial charge >= 0.3 is 5.97 Å². The minimum atomic E-state index is -1.21. The van der Waals surface area contributed by atoms with Crippen molar-refractivity contribution in [3.63, 3.8) is 0 Å². The van der Waals surface area contributed by atoms with Crippen LogP contribution < -0.4 is 0 Å². The number of rotatable bonds is 12. The Labute approximate surface area is 238 Å². The summed E-state index contributed by atoms with van der Waals surface area (Å²) in [5.41, 5.74) is -1.99. The maximum Gasteiger partial charge on any atom is 0.312 e. The number of nitrogens with zero attached hydrogens (tertiary/aromatic N) is 2. The van der Waals surface area contributed by atoms with E-state index < -0.39 is 46.6 Å². The van der Waals surface area contributed by atoms with Gasteiger partial charge in [-0.05, 0) is 65.4 Å². The van der Waals surface area contributed by atoms with Gasteiger partial charge in [-0.25, -0.2) is 0 Å². The van der Waals surface area contributed by atoms with Crippen LogP contribution >= 0.6 is 0 Å². The lowest BCUT2D eigenvalue weighted by atomic mass is 9.66. The van der Waals surface area contributed by atoms with Crippen LogP contribution in [0.3, 0.4) is 0 Å². The highest BCUT2D eigenvalue weighted by Crippen LogP contribution is 2.64. The van der Waals surface area contributed by atoms with Crippen LogP contribution in [0.2, 0.25) is 0 Å². The monoisotopic (exact) mass is 552 g/mol. The Morgan fingerprint density at radius 3 is 2.50 bits per heavy atom. The molecular formula is C32H44N2O6. The molecule has 4 rings (SSSR count). The highest BCUT2D eigenvalue weighted by Gasteiger charge is 2.79. The number of hydrogen-bond acceptors (Lipinski definition) is 6. The predicted octanol–water partition coefficient (Wildman–Crippen LogP) is 4.20. The fourth-order valence-electron chi connectivity index (χ4n) is 6.99. The van der Waals surface area contributed by atoms with Crippen molar-refractivity contribution in [1.82, 2.24) is 9.80 Å². The molecule has 1 spiro atoms. The van der Waals surface area contributed by atoms with Crippen LogP contribution in [0.5, 0.6) is 0 Å². The molecule has 0 aromatic heterocycles. The highest BCUT2D eigenvalue weighted by molar-refractivity contribution is 5.99. The minimum absolute atomic E-state index is 0.250. The Morgan fingerprint density at radius 1 is 1.20 bits per heavy atom. The average molecular weight is 553 g/mol. The van der Waals surface area contributed by atoms with E-state index in [2.05, 4.69) is 13.2 Å². The summed E-state index contributed by atoms with van der Waals surface area (Å²) in [6.07, 6.45) is 6.86. The van der Waals surface area contributed by atoms with E-state index >= 15 is 0 Å². The Balaban J connectivity index is 1.78. The topological polar surface area (TPSA) is 96.4 Å². The molecule has 1 aromatic rings. The maximum absolute atomic E-state index is 14.6. The Hall–Kier alpha value is -2.97. The smallest absolute Gasteiger partial charge is 0.312 e. The van der Waals surface area contributed by atoms with Gasteiger partial charge in [-0.2, -0.15) is 0 Å². The number of allylic oxidation sites excluding steroid dienone is 1. The van der Waals surface area contributed by atoms with Gasteiger partial charge in [-0.15, -0.1) is 13.2 Å². The Kier molecular flexibility index (Phi) is 8.62. The van der Waals surface area contributed by atoms with Crippen molar-refractivity contribution in [2.24, 2.45) is 11.8 Å². The number of carbonyl (C=O) groups is 3. The fourth-order valence-corrected chi connectivity index (χ4v) is 6.99. The van der Waals surface area contributed by atoms with Crippen molar-refractivity contribution in [2.45, 2.75) is 88.6 Å². The number of fused-ring (bicyclic) bond motifs is 1. The molecule has 3 aliphatic rings. The van der Waals surface area contributed by atoms with Gasteiger partial charge in [0.1, 0.15) is 17.6 Å². The Morgan fingerprint density at radius 2 is 1.90 bits per heavy atom. The first kappa shape index (κ1) is 30.0. The third kappa shape index (κ3) is 5.00. The van der Waals surface area contributed by atoms with Crippen molar-refractivity contribution in [3.8, 4) is 0 Å². The van der Waals surface area contributed by atoms with Crippen molar-refractivity contribution < 1.29 is 29.0 Å². The van der Waals surface area contributed by atoms with Gasteiger partial charge in [0.25, 0.3) is 0 Å². The van der Waals surface area contributed by atoms with Gasteiger partial charge in [0.2, 0.25) is 11.8 Å². The molecule has 3 aliphatic heterocycles. The zero-order valence-electron chi connectivity index (χ0n) is 24.3. The van der Waals surface area contributed by atoms with Crippen LogP contribution in [0.25, 0.3) is 0 Å². The van der Waals surface area contributed by atoms with E-state index in [4.69, 9.17) is 9.47 Å². The molecule has 40 heavy (non-hydrogen) atoms. The lowest BCUT2D eigenvalue weighted by molar-refractivity contribution is -0.163.